The van der Waals surface area contributed by atoms with Gasteiger partial charge in [-0.2, -0.15) is 13.2 Å². The minimum Gasteiger partial charge on any atom is -0.331 e. The summed E-state index contributed by atoms with van der Waals surface area (Å²) < 4.78 is 38.9. The summed E-state index contributed by atoms with van der Waals surface area (Å²) in [7, 11) is 0. The number of hydrogen-bond donors (Lipinski definition) is 1. The van der Waals surface area contributed by atoms with Gasteiger partial charge in [-0.15, -0.1) is 0 Å². The molecular weight excluding hydrogens is 393 g/mol. The van der Waals surface area contributed by atoms with E-state index in [0.29, 0.717) is 36.5 Å². The lowest BCUT2D eigenvalue weighted by Crippen LogP contribution is -2.50. The van der Waals surface area contributed by atoms with Gasteiger partial charge in [-0.25, -0.2) is 9.98 Å². The molecule has 2 aliphatic heterocycles. The van der Waals surface area contributed by atoms with E-state index in [1.165, 1.54) is 12.1 Å². The lowest BCUT2D eigenvalue weighted by atomic mass is 10.0. The molecule has 0 fully saturated rings. The predicted octanol–water partition coefficient (Wildman–Crippen LogP) is 4.33. The average molecular weight is 414 g/mol. The Morgan fingerprint density at radius 1 is 1.13 bits per heavy atom. The van der Waals surface area contributed by atoms with Crippen molar-refractivity contribution in [2.75, 3.05) is 18.1 Å². The highest BCUT2D eigenvalue weighted by Gasteiger charge is 2.33. The van der Waals surface area contributed by atoms with Gasteiger partial charge in [-0.3, -0.25) is 4.79 Å². The minimum atomic E-state index is -4.35. The van der Waals surface area contributed by atoms with E-state index in [9.17, 15) is 18.0 Å². The van der Waals surface area contributed by atoms with Crippen molar-refractivity contribution in [3.8, 4) is 0 Å². The first-order valence-corrected chi connectivity index (χ1v) is 9.70. The summed E-state index contributed by atoms with van der Waals surface area (Å²) in [6.45, 7) is 4.68. The van der Waals surface area contributed by atoms with Crippen LogP contribution in [0.4, 0.5) is 24.5 Å². The van der Waals surface area contributed by atoms with E-state index < -0.39 is 11.7 Å². The summed E-state index contributed by atoms with van der Waals surface area (Å²) >= 11 is 0. The molecule has 0 radical (unpaired) electrons. The Kier molecular flexibility index (Phi) is 5.09. The molecule has 0 unspecified atom stereocenters. The van der Waals surface area contributed by atoms with Crippen LogP contribution in [0.3, 0.4) is 0 Å². The Balaban J connectivity index is 1.59. The third kappa shape index (κ3) is 3.81. The number of rotatable bonds is 4. The normalized spacial score (nSPS) is 15.8. The standard InChI is InChI=1S/C22H21F3N4O/c1-13-9-17-18(10-14(13)2)29(20-19(28-17)21(30)27-12-26-20)8-4-6-15-5-3-7-16(11-15)22(23,24)25/h3,5,7,9-11H,4,6,8,12H2,1-2H3,(H,27,30). The number of aryl methyl sites for hydroxylation is 3. The summed E-state index contributed by atoms with van der Waals surface area (Å²) in [6.07, 6.45) is -3.28. The number of nitrogens with one attached hydrogen (secondary N) is 1. The molecule has 2 aromatic rings. The lowest BCUT2D eigenvalue weighted by molar-refractivity contribution is -0.137. The zero-order valence-corrected chi connectivity index (χ0v) is 16.7. The van der Waals surface area contributed by atoms with Gasteiger partial charge in [-0.05, 0) is 61.6 Å². The smallest absolute Gasteiger partial charge is 0.331 e. The van der Waals surface area contributed by atoms with E-state index in [1.807, 2.05) is 30.9 Å². The van der Waals surface area contributed by atoms with E-state index in [-0.39, 0.29) is 18.3 Å². The molecule has 4 rings (SSSR count). The van der Waals surface area contributed by atoms with Crippen LogP contribution in [0.1, 0.15) is 28.7 Å². The summed E-state index contributed by atoms with van der Waals surface area (Å²) in [5.74, 6) is 0.241. The summed E-state index contributed by atoms with van der Waals surface area (Å²) in [5, 5.41) is 2.67. The number of carbonyl (C=O) groups is 1. The van der Waals surface area contributed by atoms with Gasteiger partial charge >= 0.3 is 6.18 Å². The maximum atomic E-state index is 13.0. The maximum Gasteiger partial charge on any atom is 0.416 e. The first-order chi connectivity index (χ1) is 14.2. The maximum absolute atomic E-state index is 13.0. The highest BCUT2D eigenvalue weighted by atomic mass is 19.4. The fourth-order valence-electron chi connectivity index (χ4n) is 3.66. The van der Waals surface area contributed by atoms with Crippen LogP contribution in [0.25, 0.3) is 0 Å². The number of halogens is 3. The average Bonchev–Trinajstić information content (AvgIpc) is 2.69. The van der Waals surface area contributed by atoms with Gasteiger partial charge in [-0.1, -0.05) is 18.2 Å². The number of nitrogens with zero attached hydrogens (tertiary/aromatic N) is 3. The van der Waals surface area contributed by atoms with E-state index >= 15 is 0 Å². The van der Waals surface area contributed by atoms with Crippen molar-refractivity contribution in [1.82, 2.24) is 5.32 Å². The number of alkyl halides is 3. The summed E-state index contributed by atoms with van der Waals surface area (Å²) in [6, 6.07) is 9.36. The molecule has 156 valence electrons. The molecular formula is C22H21F3N4O. The second kappa shape index (κ2) is 7.59. The predicted molar refractivity (Wildman–Crippen MR) is 111 cm³/mol. The van der Waals surface area contributed by atoms with Crippen molar-refractivity contribution in [3.63, 3.8) is 0 Å². The molecule has 0 saturated carbocycles. The molecule has 0 spiro atoms. The van der Waals surface area contributed by atoms with Crippen LogP contribution >= 0.6 is 0 Å². The monoisotopic (exact) mass is 414 g/mol. The van der Waals surface area contributed by atoms with Crippen LogP contribution in [0.15, 0.2) is 46.4 Å². The van der Waals surface area contributed by atoms with Crippen molar-refractivity contribution in [3.05, 3.63) is 58.7 Å². The number of fused-ring (bicyclic) bond motifs is 2. The van der Waals surface area contributed by atoms with Crippen molar-refractivity contribution in [1.29, 1.82) is 0 Å². The first-order valence-electron chi connectivity index (χ1n) is 9.70. The molecule has 2 heterocycles. The third-order valence-corrected chi connectivity index (χ3v) is 5.37. The van der Waals surface area contributed by atoms with Crippen molar-refractivity contribution >= 4 is 28.8 Å². The van der Waals surface area contributed by atoms with Gasteiger partial charge in [0.2, 0.25) is 0 Å². The molecule has 5 nitrogen and oxygen atoms in total. The fourth-order valence-corrected chi connectivity index (χ4v) is 3.66. The van der Waals surface area contributed by atoms with Crippen molar-refractivity contribution in [2.24, 2.45) is 9.98 Å². The zero-order chi connectivity index (χ0) is 21.5. The summed E-state index contributed by atoms with van der Waals surface area (Å²) in [5.41, 5.74) is 3.98. The van der Waals surface area contributed by atoms with Crippen LogP contribution in [-0.4, -0.2) is 30.7 Å². The Bertz CT molecular complexity index is 1070. The molecule has 0 aromatic heterocycles. The second-order valence-electron chi connectivity index (χ2n) is 7.48. The topological polar surface area (TPSA) is 57.1 Å². The Morgan fingerprint density at radius 2 is 1.90 bits per heavy atom. The Labute approximate surface area is 172 Å². The molecule has 1 N–H and O–H groups in total. The number of benzene rings is 2. The first kappa shape index (κ1) is 20.1. The fraction of sp³-hybridized carbons (Fsp3) is 0.318. The number of amides is 1. The van der Waals surface area contributed by atoms with Crippen LogP contribution in [0.2, 0.25) is 0 Å². The quantitative estimate of drug-likeness (QED) is 0.810. The van der Waals surface area contributed by atoms with Gasteiger partial charge in [0.15, 0.2) is 11.5 Å². The van der Waals surface area contributed by atoms with E-state index in [1.54, 1.807) is 6.07 Å². The van der Waals surface area contributed by atoms with Crippen molar-refractivity contribution < 1.29 is 18.0 Å². The highest BCUT2D eigenvalue weighted by Crippen LogP contribution is 2.36. The lowest BCUT2D eigenvalue weighted by Gasteiger charge is -2.33. The Hall–Kier alpha value is -3.16. The molecule has 0 bridgehead atoms. The number of amidine groups is 1. The van der Waals surface area contributed by atoms with Crippen LogP contribution in [0.5, 0.6) is 0 Å². The molecule has 8 heteroatoms. The largest absolute Gasteiger partial charge is 0.416 e. The number of hydrogen-bond acceptors (Lipinski definition) is 4. The molecule has 30 heavy (non-hydrogen) atoms. The van der Waals surface area contributed by atoms with Gasteiger partial charge in [0.1, 0.15) is 6.67 Å². The molecule has 0 saturated heterocycles. The number of carbonyl (C=O) groups excluding carboxylic acids is 1. The molecule has 1 amide bonds. The molecule has 2 aliphatic rings. The van der Waals surface area contributed by atoms with Gasteiger partial charge in [0, 0.05) is 6.54 Å². The SMILES string of the molecule is Cc1cc2c(cc1C)N(CCCc1cccc(C(F)(F)F)c1)C1=NCNC(=O)C1=N2. The van der Waals surface area contributed by atoms with E-state index in [0.717, 1.165) is 22.9 Å². The van der Waals surface area contributed by atoms with Gasteiger partial charge in [0.05, 0.1) is 16.9 Å². The van der Waals surface area contributed by atoms with E-state index in [2.05, 4.69) is 15.3 Å². The van der Waals surface area contributed by atoms with Gasteiger partial charge < -0.3 is 10.2 Å². The number of anilines is 1. The molecule has 2 aromatic carbocycles. The number of aliphatic imine (C=N–C) groups is 2. The van der Waals surface area contributed by atoms with Crippen LogP contribution < -0.4 is 10.2 Å². The minimum absolute atomic E-state index is 0.178. The third-order valence-electron chi connectivity index (χ3n) is 5.37. The second-order valence-corrected chi connectivity index (χ2v) is 7.48. The Morgan fingerprint density at radius 3 is 2.67 bits per heavy atom. The molecule has 0 aliphatic carbocycles. The highest BCUT2D eigenvalue weighted by molar-refractivity contribution is 6.70. The van der Waals surface area contributed by atoms with Crippen LogP contribution in [0, 0.1) is 13.8 Å². The van der Waals surface area contributed by atoms with Gasteiger partial charge in [0.25, 0.3) is 5.91 Å². The summed E-state index contributed by atoms with van der Waals surface area (Å²) in [4.78, 5) is 23.2. The van der Waals surface area contributed by atoms with Crippen molar-refractivity contribution in [2.45, 2.75) is 32.9 Å². The van der Waals surface area contributed by atoms with E-state index in [4.69, 9.17) is 0 Å². The molecule has 0 atom stereocenters. The zero-order valence-electron chi connectivity index (χ0n) is 16.7. The van der Waals surface area contributed by atoms with Crippen LogP contribution in [-0.2, 0) is 17.4 Å².